The van der Waals surface area contributed by atoms with Gasteiger partial charge in [0.25, 0.3) is 0 Å². The number of nitrogens with one attached hydrogen (secondary N) is 1. The van der Waals surface area contributed by atoms with Crippen molar-refractivity contribution in [3.05, 3.63) is 35.4 Å². The van der Waals surface area contributed by atoms with Crippen LogP contribution in [0.4, 0.5) is 0 Å². The van der Waals surface area contributed by atoms with Crippen molar-refractivity contribution in [2.24, 2.45) is 0 Å². The Balaban J connectivity index is 2.08. The molecule has 1 amide bonds. The van der Waals surface area contributed by atoms with E-state index in [0.717, 1.165) is 13.0 Å². The van der Waals surface area contributed by atoms with Crippen molar-refractivity contribution in [3.8, 4) is 6.07 Å². The summed E-state index contributed by atoms with van der Waals surface area (Å²) in [7, 11) is 0. The van der Waals surface area contributed by atoms with Crippen LogP contribution in [0, 0.1) is 11.3 Å². The van der Waals surface area contributed by atoms with Gasteiger partial charge in [-0.15, -0.1) is 0 Å². The topological polar surface area (TPSA) is 56.1 Å². The number of hydrogen-bond donors (Lipinski definition) is 1. The average Bonchev–Trinajstić information content (AvgIpc) is 2.46. The number of rotatable bonds is 4. The quantitative estimate of drug-likeness (QED) is 0.909. The predicted octanol–water partition coefficient (Wildman–Crippen LogP) is 1.85. The molecule has 1 atom stereocenters. The van der Waals surface area contributed by atoms with E-state index in [1.165, 1.54) is 11.1 Å². The third-order valence-electron chi connectivity index (χ3n) is 3.75. The maximum atomic E-state index is 12.6. The minimum atomic E-state index is -0.175. The highest BCUT2D eigenvalue weighted by Gasteiger charge is 2.28. The Labute approximate surface area is 120 Å². The Morgan fingerprint density at radius 1 is 1.45 bits per heavy atom. The summed E-state index contributed by atoms with van der Waals surface area (Å²) in [5, 5.41) is 12.0. The van der Waals surface area contributed by atoms with E-state index in [4.69, 9.17) is 5.26 Å². The molecule has 106 valence electrons. The van der Waals surface area contributed by atoms with Crippen LogP contribution in [-0.2, 0) is 17.8 Å². The fourth-order valence-electron chi connectivity index (χ4n) is 2.62. The monoisotopic (exact) mass is 271 g/mol. The number of nitrogens with zero attached hydrogens (tertiary/aromatic N) is 2. The van der Waals surface area contributed by atoms with Crippen LogP contribution in [0.1, 0.15) is 31.4 Å². The highest BCUT2D eigenvalue weighted by Crippen LogP contribution is 2.18. The summed E-state index contributed by atoms with van der Waals surface area (Å²) in [6, 6.07) is 10.3. The third-order valence-corrected chi connectivity index (χ3v) is 3.75. The van der Waals surface area contributed by atoms with Gasteiger partial charge in [-0.3, -0.25) is 4.79 Å². The smallest absolute Gasteiger partial charge is 0.240 e. The molecule has 1 aliphatic heterocycles. The maximum Gasteiger partial charge on any atom is 0.240 e. The second kappa shape index (κ2) is 6.53. The zero-order valence-corrected chi connectivity index (χ0v) is 12.1. The van der Waals surface area contributed by atoms with E-state index in [-0.39, 0.29) is 18.0 Å². The van der Waals surface area contributed by atoms with Gasteiger partial charge >= 0.3 is 0 Å². The van der Waals surface area contributed by atoms with E-state index in [1.54, 1.807) is 4.90 Å². The molecule has 1 aromatic rings. The molecule has 0 fully saturated rings. The molecule has 0 aliphatic carbocycles. The van der Waals surface area contributed by atoms with Crippen LogP contribution < -0.4 is 5.32 Å². The molecule has 0 saturated carbocycles. The van der Waals surface area contributed by atoms with Crippen LogP contribution in [0.15, 0.2) is 24.3 Å². The number of carbonyl (C=O) groups is 1. The van der Waals surface area contributed by atoms with Crippen molar-refractivity contribution >= 4 is 5.91 Å². The van der Waals surface area contributed by atoms with Gasteiger partial charge in [0, 0.05) is 19.1 Å². The molecular weight excluding hydrogens is 250 g/mol. The lowest BCUT2D eigenvalue weighted by Gasteiger charge is -2.33. The molecule has 0 radical (unpaired) electrons. The SMILES string of the molecule is CC(C)N(CCC#N)C(=O)[C@@H]1Cc2ccccc2CN1. The molecule has 4 heteroatoms. The number of hydrogen-bond acceptors (Lipinski definition) is 3. The van der Waals surface area contributed by atoms with E-state index in [1.807, 2.05) is 26.0 Å². The van der Waals surface area contributed by atoms with E-state index in [0.29, 0.717) is 13.0 Å². The average molecular weight is 271 g/mol. The Bertz CT molecular complexity index is 519. The van der Waals surface area contributed by atoms with Crippen LogP contribution >= 0.6 is 0 Å². The van der Waals surface area contributed by atoms with E-state index < -0.39 is 0 Å². The van der Waals surface area contributed by atoms with Gasteiger partial charge in [0.15, 0.2) is 0 Å². The first-order chi connectivity index (χ1) is 9.63. The van der Waals surface area contributed by atoms with Crippen molar-refractivity contribution < 1.29 is 4.79 Å². The van der Waals surface area contributed by atoms with Crippen LogP contribution in [0.5, 0.6) is 0 Å². The first-order valence-corrected chi connectivity index (χ1v) is 7.11. The van der Waals surface area contributed by atoms with E-state index in [9.17, 15) is 4.79 Å². The fraction of sp³-hybridized carbons (Fsp3) is 0.500. The third kappa shape index (κ3) is 3.17. The van der Waals surface area contributed by atoms with Crippen molar-refractivity contribution in [2.45, 2.75) is 45.3 Å². The summed E-state index contributed by atoms with van der Waals surface area (Å²) in [6.45, 7) is 5.22. The lowest BCUT2D eigenvalue weighted by atomic mass is 9.95. The van der Waals surface area contributed by atoms with Crippen LogP contribution in [-0.4, -0.2) is 29.4 Å². The number of amides is 1. The molecule has 0 spiro atoms. The zero-order valence-electron chi connectivity index (χ0n) is 12.1. The molecule has 1 heterocycles. The first-order valence-electron chi connectivity index (χ1n) is 7.11. The Morgan fingerprint density at radius 3 is 2.80 bits per heavy atom. The van der Waals surface area contributed by atoms with Crippen LogP contribution in [0.2, 0.25) is 0 Å². The number of benzene rings is 1. The van der Waals surface area contributed by atoms with Gasteiger partial charge in [-0.1, -0.05) is 24.3 Å². The van der Waals surface area contributed by atoms with Crippen molar-refractivity contribution in [2.75, 3.05) is 6.54 Å². The van der Waals surface area contributed by atoms with Crippen molar-refractivity contribution in [1.82, 2.24) is 10.2 Å². The molecule has 0 saturated heterocycles. The minimum Gasteiger partial charge on any atom is -0.338 e. The summed E-state index contributed by atoms with van der Waals surface area (Å²) in [5.74, 6) is 0.102. The largest absolute Gasteiger partial charge is 0.338 e. The molecule has 2 rings (SSSR count). The minimum absolute atomic E-state index is 0.102. The lowest BCUT2D eigenvalue weighted by molar-refractivity contribution is -0.135. The fourth-order valence-corrected chi connectivity index (χ4v) is 2.62. The molecule has 20 heavy (non-hydrogen) atoms. The molecule has 1 aromatic carbocycles. The van der Waals surface area contributed by atoms with Gasteiger partial charge in [-0.05, 0) is 31.4 Å². The normalized spacial score (nSPS) is 17.4. The summed E-state index contributed by atoms with van der Waals surface area (Å²) in [4.78, 5) is 14.4. The van der Waals surface area contributed by atoms with Crippen LogP contribution in [0.25, 0.3) is 0 Å². The molecule has 4 nitrogen and oxygen atoms in total. The van der Waals surface area contributed by atoms with Gasteiger partial charge in [0.2, 0.25) is 5.91 Å². The Morgan fingerprint density at radius 2 is 2.15 bits per heavy atom. The van der Waals surface area contributed by atoms with Gasteiger partial charge in [0.1, 0.15) is 0 Å². The maximum absolute atomic E-state index is 12.6. The molecule has 0 bridgehead atoms. The molecular formula is C16H21N3O. The summed E-state index contributed by atoms with van der Waals surface area (Å²) >= 11 is 0. The van der Waals surface area contributed by atoms with E-state index >= 15 is 0 Å². The van der Waals surface area contributed by atoms with Gasteiger partial charge < -0.3 is 10.2 Å². The number of fused-ring (bicyclic) bond motifs is 1. The zero-order chi connectivity index (χ0) is 14.5. The van der Waals surface area contributed by atoms with Crippen LogP contribution in [0.3, 0.4) is 0 Å². The highest BCUT2D eigenvalue weighted by molar-refractivity contribution is 5.83. The Kier molecular flexibility index (Phi) is 4.75. The van der Waals surface area contributed by atoms with Gasteiger partial charge in [-0.2, -0.15) is 5.26 Å². The van der Waals surface area contributed by atoms with E-state index in [2.05, 4.69) is 23.5 Å². The Hall–Kier alpha value is -1.86. The van der Waals surface area contributed by atoms with Gasteiger partial charge in [0.05, 0.1) is 18.5 Å². The summed E-state index contributed by atoms with van der Waals surface area (Å²) in [5.41, 5.74) is 2.51. The van der Waals surface area contributed by atoms with Crippen molar-refractivity contribution in [1.29, 1.82) is 5.26 Å². The molecule has 1 N–H and O–H groups in total. The molecule has 0 aromatic heterocycles. The standard InChI is InChI=1S/C16H21N3O/c1-12(2)19(9-5-8-17)16(20)15-10-13-6-3-4-7-14(13)11-18-15/h3-4,6-7,12,15,18H,5,9-11H2,1-2H3/t15-/m0/s1. The lowest BCUT2D eigenvalue weighted by Crippen LogP contribution is -2.51. The first kappa shape index (κ1) is 14.5. The highest BCUT2D eigenvalue weighted by atomic mass is 16.2. The second-order valence-electron chi connectivity index (χ2n) is 5.44. The summed E-state index contributed by atoms with van der Waals surface area (Å²) < 4.78 is 0. The second-order valence-corrected chi connectivity index (χ2v) is 5.44. The number of nitriles is 1. The predicted molar refractivity (Wildman–Crippen MR) is 77.9 cm³/mol. The molecule has 0 unspecified atom stereocenters. The summed E-state index contributed by atoms with van der Waals surface area (Å²) in [6.07, 6.45) is 1.11. The number of carbonyl (C=O) groups excluding carboxylic acids is 1. The van der Waals surface area contributed by atoms with Crippen molar-refractivity contribution in [3.63, 3.8) is 0 Å². The van der Waals surface area contributed by atoms with Gasteiger partial charge in [-0.25, -0.2) is 0 Å². The molecule has 1 aliphatic rings.